The molecule has 0 spiro atoms. The molecule has 1 aliphatic carbocycles. The van der Waals surface area contributed by atoms with Gasteiger partial charge in [0.25, 0.3) is 0 Å². The van der Waals surface area contributed by atoms with Crippen LogP contribution in [-0.2, 0) is 6.42 Å². The molecule has 1 atom stereocenters. The lowest BCUT2D eigenvalue weighted by Crippen LogP contribution is -2.17. The summed E-state index contributed by atoms with van der Waals surface area (Å²) in [7, 11) is 1.70. The van der Waals surface area contributed by atoms with Crippen LogP contribution in [0, 0.1) is 0 Å². The summed E-state index contributed by atoms with van der Waals surface area (Å²) in [4.78, 5) is 0. The Morgan fingerprint density at radius 1 is 1.22 bits per heavy atom. The molecule has 0 amide bonds. The number of ether oxygens (including phenoxy) is 1. The summed E-state index contributed by atoms with van der Waals surface area (Å²) in [5.74, 6) is 0.894. The van der Waals surface area contributed by atoms with Crippen LogP contribution in [0.25, 0.3) is 0 Å². The highest BCUT2D eigenvalue weighted by Crippen LogP contribution is 2.30. The van der Waals surface area contributed by atoms with Crippen LogP contribution in [0.3, 0.4) is 0 Å². The van der Waals surface area contributed by atoms with E-state index in [0.717, 1.165) is 17.9 Å². The number of nitrogens with two attached hydrogens (primary N) is 1. The van der Waals surface area contributed by atoms with E-state index in [9.17, 15) is 0 Å². The van der Waals surface area contributed by atoms with E-state index >= 15 is 0 Å². The number of methoxy groups -OCH3 is 1. The molecule has 1 fully saturated rings. The van der Waals surface area contributed by atoms with Gasteiger partial charge in [-0.25, -0.2) is 0 Å². The number of aromatic nitrogens is 2. The quantitative estimate of drug-likeness (QED) is 0.907. The van der Waals surface area contributed by atoms with Gasteiger partial charge < -0.3 is 10.5 Å². The van der Waals surface area contributed by atoms with Gasteiger partial charge in [0, 0.05) is 18.2 Å². The Hall–Kier alpha value is -1.81. The predicted octanol–water partition coefficient (Wildman–Crippen LogP) is 4.01. The van der Waals surface area contributed by atoms with Crippen LogP contribution in [0.2, 0.25) is 0 Å². The Kier molecular flexibility index (Phi) is 5.01. The zero-order valence-corrected chi connectivity index (χ0v) is 14.2. The topological polar surface area (TPSA) is 53.1 Å². The van der Waals surface area contributed by atoms with Gasteiger partial charge in [-0.3, -0.25) is 4.68 Å². The fourth-order valence-electron chi connectivity index (χ4n) is 3.40. The fourth-order valence-corrected chi connectivity index (χ4v) is 3.40. The number of benzene rings is 1. The highest BCUT2D eigenvalue weighted by molar-refractivity contribution is 5.30. The molecule has 124 valence electrons. The van der Waals surface area contributed by atoms with E-state index in [1.807, 2.05) is 19.1 Å². The van der Waals surface area contributed by atoms with E-state index in [1.54, 1.807) is 7.11 Å². The molecule has 4 heteroatoms. The standard InChI is InChI=1S/C19H27N3O/c1-14(20)19-13-17(12-15-8-10-18(23-2)11-9-15)22(21-19)16-6-4-3-5-7-16/h8-11,13-14,16H,3-7,12,20H2,1-2H3. The van der Waals surface area contributed by atoms with Gasteiger partial charge >= 0.3 is 0 Å². The van der Waals surface area contributed by atoms with Crippen LogP contribution >= 0.6 is 0 Å². The van der Waals surface area contributed by atoms with Gasteiger partial charge in [0.15, 0.2) is 0 Å². The summed E-state index contributed by atoms with van der Waals surface area (Å²) in [5.41, 5.74) is 9.61. The highest BCUT2D eigenvalue weighted by atomic mass is 16.5. The second-order valence-corrected chi connectivity index (χ2v) is 6.61. The molecule has 1 aromatic carbocycles. The minimum atomic E-state index is -0.0190. The average Bonchev–Trinajstić information content (AvgIpc) is 3.00. The number of hydrogen-bond donors (Lipinski definition) is 1. The fraction of sp³-hybridized carbons (Fsp3) is 0.526. The van der Waals surface area contributed by atoms with Gasteiger partial charge in [-0.05, 0) is 43.5 Å². The van der Waals surface area contributed by atoms with Crippen molar-refractivity contribution in [3.8, 4) is 5.75 Å². The molecule has 1 aromatic heterocycles. The predicted molar refractivity (Wildman–Crippen MR) is 92.8 cm³/mol. The lowest BCUT2D eigenvalue weighted by molar-refractivity contribution is 0.321. The third-order valence-corrected chi connectivity index (χ3v) is 4.76. The minimum Gasteiger partial charge on any atom is -0.497 e. The van der Waals surface area contributed by atoms with E-state index in [0.29, 0.717) is 6.04 Å². The lowest BCUT2D eigenvalue weighted by atomic mass is 9.95. The third-order valence-electron chi connectivity index (χ3n) is 4.76. The van der Waals surface area contributed by atoms with Crippen molar-refractivity contribution in [2.75, 3.05) is 7.11 Å². The molecule has 3 rings (SSSR count). The van der Waals surface area contributed by atoms with Gasteiger partial charge in [-0.1, -0.05) is 31.4 Å². The average molecular weight is 313 g/mol. The van der Waals surface area contributed by atoms with E-state index in [1.165, 1.54) is 43.4 Å². The van der Waals surface area contributed by atoms with E-state index in [-0.39, 0.29) is 6.04 Å². The van der Waals surface area contributed by atoms with Gasteiger partial charge in [0.05, 0.1) is 18.8 Å². The molecule has 4 nitrogen and oxygen atoms in total. The number of hydrogen-bond acceptors (Lipinski definition) is 3. The summed E-state index contributed by atoms with van der Waals surface area (Å²) in [6.45, 7) is 2.00. The molecule has 2 N–H and O–H groups in total. The van der Waals surface area contributed by atoms with Crippen LogP contribution in [0.5, 0.6) is 5.75 Å². The largest absolute Gasteiger partial charge is 0.497 e. The molecule has 1 heterocycles. The van der Waals surface area contributed by atoms with Crippen molar-refractivity contribution in [3.63, 3.8) is 0 Å². The van der Waals surface area contributed by atoms with Crippen molar-refractivity contribution >= 4 is 0 Å². The van der Waals surface area contributed by atoms with Crippen molar-refractivity contribution in [1.82, 2.24) is 9.78 Å². The molecule has 2 aromatic rings. The smallest absolute Gasteiger partial charge is 0.118 e. The van der Waals surface area contributed by atoms with E-state index < -0.39 is 0 Å². The van der Waals surface area contributed by atoms with Gasteiger partial charge in [0.2, 0.25) is 0 Å². The molecular formula is C19H27N3O. The van der Waals surface area contributed by atoms with Gasteiger partial charge in [0.1, 0.15) is 5.75 Å². The Labute approximate surface area is 138 Å². The van der Waals surface area contributed by atoms with Gasteiger partial charge in [-0.15, -0.1) is 0 Å². The van der Waals surface area contributed by atoms with Crippen LogP contribution < -0.4 is 10.5 Å². The molecule has 0 bridgehead atoms. The molecule has 1 aliphatic rings. The minimum absolute atomic E-state index is 0.0190. The molecule has 0 saturated heterocycles. The van der Waals surface area contributed by atoms with Crippen molar-refractivity contribution in [2.45, 2.75) is 57.5 Å². The van der Waals surface area contributed by atoms with E-state index in [4.69, 9.17) is 15.6 Å². The maximum atomic E-state index is 6.06. The second kappa shape index (κ2) is 7.18. The zero-order chi connectivity index (χ0) is 16.2. The number of nitrogens with zero attached hydrogens (tertiary/aromatic N) is 2. The molecule has 1 saturated carbocycles. The van der Waals surface area contributed by atoms with Crippen molar-refractivity contribution < 1.29 is 4.74 Å². The molecule has 1 unspecified atom stereocenters. The maximum Gasteiger partial charge on any atom is 0.118 e. The Morgan fingerprint density at radius 2 is 1.91 bits per heavy atom. The first-order chi connectivity index (χ1) is 11.2. The van der Waals surface area contributed by atoms with Crippen molar-refractivity contribution in [1.29, 1.82) is 0 Å². The first-order valence-electron chi connectivity index (χ1n) is 8.64. The molecule has 23 heavy (non-hydrogen) atoms. The molecular weight excluding hydrogens is 286 g/mol. The normalized spacial score (nSPS) is 17.2. The SMILES string of the molecule is COc1ccc(Cc2cc(C(C)N)nn2C2CCCCC2)cc1. The Balaban J connectivity index is 1.86. The maximum absolute atomic E-state index is 6.06. The van der Waals surface area contributed by atoms with Crippen molar-refractivity contribution in [3.05, 3.63) is 47.3 Å². The molecule has 0 aliphatic heterocycles. The van der Waals surface area contributed by atoms with Crippen LogP contribution in [-0.4, -0.2) is 16.9 Å². The zero-order valence-electron chi connectivity index (χ0n) is 14.2. The summed E-state index contributed by atoms with van der Waals surface area (Å²) in [6, 6.07) is 11.0. The van der Waals surface area contributed by atoms with E-state index in [2.05, 4.69) is 22.9 Å². The monoisotopic (exact) mass is 313 g/mol. The van der Waals surface area contributed by atoms with Crippen LogP contribution in [0.1, 0.15) is 68.1 Å². The van der Waals surface area contributed by atoms with Crippen LogP contribution in [0.4, 0.5) is 0 Å². The highest BCUT2D eigenvalue weighted by Gasteiger charge is 2.21. The summed E-state index contributed by atoms with van der Waals surface area (Å²) < 4.78 is 7.49. The first-order valence-corrected chi connectivity index (χ1v) is 8.64. The summed E-state index contributed by atoms with van der Waals surface area (Å²) in [6.07, 6.45) is 7.32. The second-order valence-electron chi connectivity index (χ2n) is 6.61. The Bertz CT molecular complexity index is 625. The number of rotatable bonds is 5. The molecule has 0 radical (unpaired) electrons. The van der Waals surface area contributed by atoms with Crippen molar-refractivity contribution in [2.24, 2.45) is 5.73 Å². The lowest BCUT2D eigenvalue weighted by Gasteiger charge is -2.24. The van der Waals surface area contributed by atoms with Gasteiger partial charge in [-0.2, -0.15) is 5.10 Å². The first kappa shape index (κ1) is 16.1. The summed E-state index contributed by atoms with van der Waals surface area (Å²) >= 11 is 0. The Morgan fingerprint density at radius 3 is 2.52 bits per heavy atom. The summed E-state index contributed by atoms with van der Waals surface area (Å²) in [5, 5.41) is 4.83. The third kappa shape index (κ3) is 3.75. The van der Waals surface area contributed by atoms with Crippen LogP contribution in [0.15, 0.2) is 30.3 Å².